The molecule has 6 nitrogen and oxygen atoms in total. The highest BCUT2D eigenvalue weighted by Gasteiger charge is 2.60. The summed E-state index contributed by atoms with van der Waals surface area (Å²) in [6.07, 6.45) is 3.00. The van der Waals surface area contributed by atoms with Gasteiger partial charge in [0.1, 0.15) is 16.9 Å². The van der Waals surface area contributed by atoms with E-state index in [0.29, 0.717) is 41.7 Å². The largest absolute Gasteiger partial charge is 0.508 e. The number of fused-ring (bicyclic) bond motifs is 3. The zero-order valence-corrected chi connectivity index (χ0v) is 24.7. The van der Waals surface area contributed by atoms with Crippen LogP contribution in [0.1, 0.15) is 70.0 Å². The lowest BCUT2D eigenvalue weighted by Gasteiger charge is -2.52. The minimum atomic E-state index is -4.44. The van der Waals surface area contributed by atoms with Crippen LogP contribution in [0.4, 0.5) is 0 Å². The Balaban J connectivity index is 1.37. The number of ether oxygens (including phenoxy) is 1. The fraction of sp³-hybridized carbons (Fsp3) is 0.216. The van der Waals surface area contributed by atoms with E-state index in [-0.39, 0.29) is 16.6 Å². The lowest BCUT2D eigenvalue weighted by molar-refractivity contribution is -0.143. The quantitative estimate of drug-likeness (QED) is 0.128. The normalized spacial score (nSPS) is 21.8. The van der Waals surface area contributed by atoms with Crippen LogP contribution in [-0.4, -0.2) is 24.0 Å². The van der Waals surface area contributed by atoms with Crippen LogP contribution in [0.3, 0.4) is 0 Å². The third-order valence-electron chi connectivity index (χ3n) is 10.0. The summed E-state index contributed by atoms with van der Waals surface area (Å²) in [7, 11) is -4.44. The molecule has 0 aromatic heterocycles. The Morgan fingerprint density at radius 3 is 1.95 bits per heavy atom. The Kier molecular flexibility index (Phi) is 6.02. The van der Waals surface area contributed by atoms with Gasteiger partial charge in [-0.05, 0) is 101 Å². The molecule has 0 saturated carbocycles. The Hall–Kier alpha value is -4.46. The topological polar surface area (TPSA) is 101 Å². The van der Waals surface area contributed by atoms with E-state index in [1.54, 1.807) is 6.07 Å². The Morgan fingerprint density at radius 2 is 1.32 bits per heavy atom. The molecule has 9 rings (SSSR count). The number of phenolic OH excluding ortho intramolecular Hbond substituents is 1. The molecule has 7 heteroatoms. The molecule has 1 unspecified atom stereocenters. The summed E-state index contributed by atoms with van der Waals surface area (Å²) in [6.45, 7) is 0. The van der Waals surface area contributed by atoms with Gasteiger partial charge >= 0.3 is 5.97 Å². The van der Waals surface area contributed by atoms with E-state index in [4.69, 9.17) is 4.74 Å². The van der Waals surface area contributed by atoms with E-state index < -0.39 is 27.4 Å². The number of hydrogen-bond donors (Lipinski definition) is 2. The molecule has 0 heterocycles. The van der Waals surface area contributed by atoms with Crippen molar-refractivity contribution in [1.82, 2.24) is 0 Å². The van der Waals surface area contributed by atoms with Gasteiger partial charge in [-0.1, -0.05) is 72.8 Å². The SMILES string of the molecule is O=C(Oc1ccc(S(=O)(=O)O)c2c1CCCC2)C1(c2cc3ccccc3cc2O)CC2c3ccccc3C1c1ccccc12. The minimum Gasteiger partial charge on any atom is -0.508 e. The zero-order valence-electron chi connectivity index (χ0n) is 23.9. The predicted molar refractivity (Wildman–Crippen MR) is 167 cm³/mol. The van der Waals surface area contributed by atoms with Crippen molar-refractivity contribution in [3.63, 3.8) is 0 Å². The van der Waals surface area contributed by atoms with Gasteiger partial charge in [-0.3, -0.25) is 9.35 Å². The Bertz CT molecular complexity index is 2070. The maximum Gasteiger partial charge on any atom is 0.323 e. The highest BCUT2D eigenvalue weighted by molar-refractivity contribution is 7.85. The lowest BCUT2D eigenvalue weighted by atomic mass is 9.50. The molecule has 0 radical (unpaired) electrons. The average molecular weight is 603 g/mol. The number of rotatable bonds is 4. The van der Waals surface area contributed by atoms with E-state index in [9.17, 15) is 18.1 Å². The van der Waals surface area contributed by atoms with Gasteiger partial charge in [0.25, 0.3) is 10.1 Å². The van der Waals surface area contributed by atoms with Crippen molar-refractivity contribution in [2.24, 2.45) is 0 Å². The highest BCUT2D eigenvalue weighted by Crippen LogP contribution is 2.63. The predicted octanol–water partition coefficient (Wildman–Crippen LogP) is 7.20. The second-order valence-electron chi connectivity index (χ2n) is 12.2. The second kappa shape index (κ2) is 9.78. The Morgan fingerprint density at radius 1 is 0.750 bits per heavy atom. The van der Waals surface area contributed by atoms with Crippen molar-refractivity contribution in [2.75, 3.05) is 0 Å². The van der Waals surface area contributed by atoms with Gasteiger partial charge in [0.05, 0.1) is 4.90 Å². The van der Waals surface area contributed by atoms with Crippen molar-refractivity contribution in [1.29, 1.82) is 0 Å². The molecular weight excluding hydrogens is 572 g/mol. The zero-order chi connectivity index (χ0) is 30.2. The fourth-order valence-corrected chi connectivity index (χ4v) is 8.98. The molecule has 4 aliphatic carbocycles. The maximum absolute atomic E-state index is 15.1. The van der Waals surface area contributed by atoms with Crippen LogP contribution in [-0.2, 0) is 33.2 Å². The van der Waals surface area contributed by atoms with E-state index in [1.165, 1.54) is 23.3 Å². The van der Waals surface area contributed by atoms with Crippen LogP contribution in [0.5, 0.6) is 11.5 Å². The molecule has 0 fully saturated rings. The monoisotopic (exact) mass is 602 g/mol. The first-order valence-corrected chi connectivity index (χ1v) is 16.5. The molecule has 5 aromatic carbocycles. The van der Waals surface area contributed by atoms with Crippen LogP contribution in [0.2, 0.25) is 0 Å². The maximum atomic E-state index is 15.1. The van der Waals surface area contributed by atoms with Gasteiger partial charge in [-0.15, -0.1) is 0 Å². The molecule has 2 N–H and O–H groups in total. The van der Waals surface area contributed by atoms with Crippen LogP contribution in [0.25, 0.3) is 10.8 Å². The summed E-state index contributed by atoms with van der Waals surface area (Å²) in [5.74, 6) is -0.671. The standard InChI is InChI=1S/C37H30O6S/c38-32-20-23-10-2-1-9-22(23)19-31(32)37(21-30-24-11-3-7-15-28(24)35(37)29-16-8-4-12-25(29)30)36(39)43-33-17-18-34(44(40,41)42)27-14-6-5-13-26(27)33/h1-4,7-12,15-20,30,35,38H,5-6,13-14,21H2,(H,40,41,42). The van der Waals surface area contributed by atoms with Crippen molar-refractivity contribution in [3.8, 4) is 11.5 Å². The van der Waals surface area contributed by atoms with Gasteiger partial charge in [-0.25, -0.2) is 0 Å². The highest BCUT2D eigenvalue weighted by atomic mass is 32.2. The first kappa shape index (κ1) is 27.1. The summed E-state index contributed by atoms with van der Waals surface area (Å²) in [5, 5.41) is 13.5. The first-order chi connectivity index (χ1) is 21.3. The second-order valence-corrected chi connectivity index (χ2v) is 13.6. The summed E-state index contributed by atoms with van der Waals surface area (Å²) < 4.78 is 40.7. The van der Waals surface area contributed by atoms with E-state index in [2.05, 4.69) is 24.3 Å². The number of phenols is 1. The number of aromatic hydroxyl groups is 1. The van der Waals surface area contributed by atoms with Gasteiger partial charge in [-0.2, -0.15) is 8.42 Å². The minimum absolute atomic E-state index is 0.0342. The molecule has 1 atom stereocenters. The molecule has 0 aliphatic heterocycles. The number of carbonyl (C=O) groups excluding carboxylic acids is 1. The van der Waals surface area contributed by atoms with E-state index in [0.717, 1.165) is 34.7 Å². The molecule has 220 valence electrons. The molecule has 44 heavy (non-hydrogen) atoms. The van der Waals surface area contributed by atoms with Gasteiger partial charge < -0.3 is 9.84 Å². The lowest BCUT2D eigenvalue weighted by Crippen LogP contribution is -2.51. The third-order valence-corrected chi connectivity index (χ3v) is 11.0. The number of carbonyl (C=O) groups is 1. The van der Waals surface area contributed by atoms with Gasteiger partial charge in [0, 0.05) is 17.4 Å². The van der Waals surface area contributed by atoms with Crippen LogP contribution >= 0.6 is 0 Å². The van der Waals surface area contributed by atoms with Gasteiger partial charge in [0.15, 0.2) is 0 Å². The molecule has 2 bridgehead atoms. The molecule has 5 aromatic rings. The van der Waals surface area contributed by atoms with Crippen LogP contribution in [0.15, 0.2) is 102 Å². The van der Waals surface area contributed by atoms with Crippen molar-refractivity contribution in [3.05, 3.63) is 136 Å². The first-order valence-electron chi connectivity index (χ1n) is 15.0. The summed E-state index contributed by atoms with van der Waals surface area (Å²) in [4.78, 5) is 14.9. The van der Waals surface area contributed by atoms with E-state index >= 15 is 4.79 Å². The molecule has 0 amide bonds. The summed E-state index contributed by atoms with van der Waals surface area (Å²) >= 11 is 0. The number of benzene rings is 5. The van der Waals surface area contributed by atoms with Crippen molar-refractivity contribution >= 4 is 26.9 Å². The summed E-state index contributed by atoms with van der Waals surface area (Å²) in [6, 6.07) is 30.7. The molecule has 4 aliphatic rings. The van der Waals surface area contributed by atoms with E-state index in [1.807, 2.05) is 54.6 Å². The molecular formula is C37H30O6S. The van der Waals surface area contributed by atoms with Crippen LogP contribution < -0.4 is 4.74 Å². The van der Waals surface area contributed by atoms with Crippen molar-refractivity contribution < 1.29 is 27.6 Å². The number of esters is 1. The smallest absolute Gasteiger partial charge is 0.323 e. The average Bonchev–Trinajstić information content (AvgIpc) is 3.04. The molecule has 0 spiro atoms. The fourth-order valence-electron chi connectivity index (χ4n) is 8.20. The van der Waals surface area contributed by atoms with Crippen LogP contribution in [0, 0.1) is 0 Å². The Labute approximate surface area is 255 Å². The molecule has 0 saturated heterocycles. The number of hydrogen-bond acceptors (Lipinski definition) is 5. The van der Waals surface area contributed by atoms with Gasteiger partial charge in [0.2, 0.25) is 0 Å². The summed E-state index contributed by atoms with van der Waals surface area (Å²) in [5.41, 5.74) is 4.82. The third kappa shape index (κ3) is 3.89. The van der Waals surface area contributed by atoms with Crippen molar-refractivity contribution in [2.45, 2.75) is 54.3 Å².